The van der Waals surface area contributed by atoms with Crippen LogP contribution in [0, 0.1) is 0 Å². The van der Waals surface area contributed by atoms with E-state index in [0.29, 0.717) is 6.61 Å². The van der Waals surface area contributed by atoms with Crippen molar-refractivity contribution in [2.45, 2.75) is 44.8 Å². The second-order valence-electron chi connectivity index (χ2n) is 4.91. The molecular formula is C16H22O2. The van der Waals surface area contributed by atoms with Gasteiger partial charge in [0.1, 0.15) is 6.10 Å². The lowest BCUT2D eigenvalue weighted by atomic mass is 9.94. The number of hydrogen-bond donors (Lipinski definition) is 1. The standard InChI is InChI=1S/C16H22O2/c1-18-12-14-10-6-7-11-15(14)16(17)13-8-4-2-3-5-9-13/h6-8,10-11,16-17H,2-5,9,12H2,1H3. The van der Waals surface area contributed by atoms with Gasteiger partial charge in [0.15, 0.2) is 0 Å². The minimum atomic E-state index is -0.463. The number of allylic oxidation sites excluding steroid dienone is 1. The molecule has 1 aliphatic rings. The van der Waals surface area contributed by atoms with Crippen molar-refractivity contribution in [3.05, 3.63) is 47.0 Å². The Kier molecular flexibility index (Phi) is 4.97. The molecule has 0 amide bonds. The molecule has 0 bridgehead atoms. The van der Waals surface area contributed by atoms with Crippen molar-refractivity contribution in [1.82, 2.24) is 0 Å². The highest BCUT2D eigenvalue weighted by atomic mass is 16.5. The van der Waals surface area contributed by atoms with Crippen LogP contribution in [0.3, 0.4) is 0 Å². The van der Waals surface area contributed by atoms with Crippen molar-refractivity contribution in [2.75, 3.05) is 7.11 Å². The summed E-state index contributed by atoms with van der Waals surface area (Å²) in [7, 11) is 1.69. The highest BCUT2D eigenvalue weighted by Crippen LogP contribution is 2.31. The molecule has 0 saturated carbocycles. The quantitative estimate of drug-likeness (QED) is 0.820. The number of aliphatic hydroxyl groups excluding tert-OH is 1. The lowest BCUT2D eigenvalue weighted by Gasteiger charge is -2.18. The van der Waals surface area contributed by atoms with Gasteiger partial charge in [0, 0.05) is 7.11 Å². The van der Waals surface area contributed by atoms with E-state index in [9.17, 15) is 5.11 Å². The Hall–Kier alpha value is -1.12. The summed E-state index contributed by atoms with van der Waals surface area (Å²) >= 11 is 0. The van der Waals surface area contributed by atoms with Gasteiger partial charge in [-0.05, 0) is 42.4 Å². The van der Waals surface area contributed by atoms with E-state index >= 15 is 0 Å². The molecule has 0 spiro atoms. The van der Waals surface area contributed by atoms with Gasteiger partial charge in [0.05, 0.1) is 6.61 Å². The van der Waals surface area contributed by atoms with Gasteiger partial charge in [0.2, 0.25) is 0 Å². The molecule has 2 nitrogen and oxygen atoms in total. The molecular weight excluding hydrogens is 224 g/mol. The summed E-state index contributed by atoms with van der Waals surface area (Å²) in [6.07, 6.45) is 7.58. The Morgan fingerprint density at radius 1 is 1.22 bits per heavy atom. The largest absolute Gasteiger partial charge is 0.384 e. The van der Waals surface area contributed by atoms with Crippen LogP contribution in [0.15, 0.2) is 35.9 Å². The Morgan fingerprint density at radius 3 is 2.89 bits per heavy atom. The van der Waals surface area contributed by atoms with Gasteiger partial charge in [-0.1, -0.05) is 36.8 Å². The number of aliphatic hydroxyl groups is 1. The van der Waals surface area contributed by atoms with E-state index in [2.05, 4.69) is 6.08 Å². The maximum absolute atomic E-state index is 10.6. The molecule has 98 valence electrons. The summed E-state index contributed by atoms with van der Waals surface area (Å²) in [6.45, 7) is 0.556. The van der Waals surface area contributed by atoms with Crippen LogP contribution in [0.4, 0.5) is 0 Å². The topological polar surface area (TPSA) is 29.5 Å². The van der Waals surface area contributed by atoms with E-state index in [1.807, 2.05) is 24.3 Å². The maximum atomic E-state index is 10.6. The molecule has 2 heteroatoms. The van der Waals surface area contributed by atoms with E-state index in [1.165, 1.54) is 24.8 Å². The van der Waals surface area contributed by atoms with Crippen LogP contribution >= 0.6 is 0 Å². The van der Waals surface area contributed by atoms with Gasteiger partial charge in [-0.3, -0.25) is 0 Å². The smallest absolute Gasteiger partial charge is 0.100 e. The predicted octanol–water partition coefficient (Wildman–Crippen LogP) is 3.76. The van der Waals surface area contributed by atoms with Gasteiger partial charge >= 0.3 is 0 Å². The van der Waals surface area contributed by atoms with Crippen LogP contribution in [-0.2, 0) is 11.3 Å². The Balaban J connectivity index is 2.21. The molecule has 1 atom stereocenters. The molecule has 1 aliphatic carbocycles. The minimum Gasteiger partial charge on any atom is -0.384 e. The van der Waals surface area contributed by atoms with Gasteiger partial charge < -0.3 is 9.84 Å². The Labute approximate surface area is 109 Å². The molecule has 1 N–H and O–H groups in total. The van der Waals surface area contributed by atoms with Gasteiger partial charge in [-0.15, -0.1) is 0 Å². The average molecular weight is 246 g/mol. The molecule has 2 rings (SSSR count). The van der Waals surface area contributed by atoms with Crippen molar-refractivity contribution < 1.29 is 9.84 Å². The van der Waals surface area contributed by atoms with E-state index in [4.69, 9.17) is 4.74 Å². The fourth-order valence-corrected chi connectivity index (χ4v) is 2.58. The summed E-state index contributed by atoms with van der Waals surface area (Å²) in [5.41, 5.74) is 3.25. The van der Waals surface area contributed by atoms with Gasteiger partial charge in [0.25, 0.3) is 0 Å². The zero-order chi connectivity index (χ0) is 12.8. The van der Waals surface area contributed by atoms with Crippen LogP contribution in [0.1, 0.15) is 49.3 Å². The number of methoxy groups -OCH3 is 1. The molecule has 1 aromatic carbocycles. The first-order valence-corrected chi connectivity index (χ1v) is 6.76. The van der Waals surface area contributed by atoms with Crippen molar-refractivity contribution in [1.29, 1.82) is 0 Å². The number of ether oxygens (including phenoxy) is 1. The third-order valence-electron chi connectivity index (χ3n) is 3.58. The highest BCUT2D eigenvalue weighted by molar-refractivity contribution is 5.33. The van der Waals surface area contributed by atoms with Gasteiger partial charge in [-0.25, -0.2) is 0 Å². The maximum Gasteiger partial charge on any atom is 0.100 e. The molecule has 18 heavy (non-hydrogen) atoms. The fraction of sp³-hybridized carbons (Fsp3) is 0.500. The number of benzene rings is 1. The second kappa shape index (κ2) is 6.72. The van der Waals surface area contributed by atoms with Crippen LogP contribution in [0.2, 0.25) is 0 Å². The minimum absolute atomic E-state index is 0.463. The van der Waals surface area contributed by atoms with Crippen molar-refractivity contribution in [2.24, 2.45) is 0 Å². The third-order valence-corrected chi connectivity index (χ3v) is 3.58. The molecule has 0 saturated heterocycles. The molecule has 1 unspecified atom stereocenters. The van der Waals surface area contributed by atoms with Crippen LogP contribution in [0.25, 0.3) is 0 Å². The zero-order valence-electron chi connectivity index (χ0n) is 11.1. The van der Waals surface area contributed by atoms with E-state index in [1.54, 1.807) is 7.11 Å². The molecule has 0 aliphatic heterocycles. The lowest BCUT2D eigenvalue weighted by molar-refractivity contribution is 0.174. The molecule has 0 heterocycles. The fourth-order valence-electron chi connectivity index (χ4n) is 2.58. The van der Waals surface area contributed by atoms with Crippen LogP contribution < -0.4 is 0 Å². The Morgan fingerprint density at radius 2 is 2.06 bits per heavy atom. The summed E-state index contributed by atoms with van der Waals surface area (Å²) in [4.78, 5) is 0. The monoisotopic (exact) mass is 246 g/mol. The molecule has 0 radical (unpaired) electrons. The van der Waals surface area contributed by atoms with Crippen molar-refractivity contribution >= 4 is 0 Å². The molecule has 1 aromatic rings. The van der Waals surface area contributed by atoms with Crippen molar-refractivity contribution in [3.63, 3.8) is 0 Å². The van der Waals surface area contributed by atoms with E-state index < -0.39 is 6.10 Å². The summed E-state index contributed by atoms with van der Waals surface area (Å²) in [6, 6.07) is 8.01. The van der Waals surface area contributed by atoms with Gasteiger partial charge in [-0.2, -0.15) is 0 Å². The predicted molar refractivity (Wildman–Crippen MR) is 73.3 cm³/mol. The first kappa shape index (κ1) is 13.3. The average Bonchev–Trinajstić information content (AvgIpc) is 2.68. The van der Waals surface area contributed by atoms with E-state index in [-0.39, 0.29) is 0 Å². The lowest BCUT2D eigenvalue weighted by Crippen LogP contribution is -2.06. The summed E-state index contributed by atoms with van der Waals surface area (Å²) < 4.78 is 5.20. The van der Waals surface area contributed by atoms with Crippen LogP contribution in [0.5, 0.6) is 0 Å². The molecule has 0 aromatic heterocycles. The Bertz CT molecular complexity index is 409. The van der Waals surface area contributed by atoms with E-state index in [0.717, 1.165) is 24.0 Å². The van der Waals surface area contributed by atoms with Crippen LogP contribution in [-0.4, -0.2) is 12.2 Å². The second-order valence-corrected chi connectivity index (χ2v) is 4.91. The summed E-state index contributed by atoms with van der Waals surface area (Å²) in [5.74, 6) is 0. The summed E-state index contributed by atoms with van der Waals surface area (Å²) in [5, 5.41) is 10.6. The third kappa shape index (κ3) is 3.21. The first-order chi connectivity index (χ1) is 8.83. The van der Waals surface area contributed by atoms with Crippen molar-refractivity contribution in [3.8, 4) is 0 Å². The highest BCUT2D eigenvalue weighted by Gasteiger charge is 2.17. The first-order valence-electron chi connectivity index (χ1n) is 6.76. The number of hydrogen-bond acceptors (Lipinski definition) is 2. The SMILES string of the molecule is COCc1ccccc1C(O)C1=CCCCCC1. The normalized spacial score (nSPS) is 18.0. The number of rotatable bonds is 4. The zero-order valence-corrected chi connectivity index (χ0v) is 11.1. The molecule has 0 fully saturated rings.